The minimum atomic E-state index is -0.230. The lowest BCUT2D eigenvalue weighted by Gasteiger charge is -2.10. The Hall–Kier alpha value is -2.88. The van der Waals surface area contributed by atoms with Gasteiger partial charge in [0.1, 0.15) is 5.56 Å². The highest BCUT2D eigenvalue weighted by atomic mass is 16.5. The molecule has 0 bridgehead atoms. The van der Waals surface area contributed by atoms with E-state index in [0.717, 1.165) is 16.5 Å². The third-order valence-electron chi connectivity index (χ3n) is 3.30. The summed E-state index contributed by atoms with van der Waals surface area (Å²) in [5, 5.41) is 5.11. The Morgan fingerprint density at radius 1 is 1.09 bits per heavy atom. The smallest absolute Gasteiger partial charge is 0.261 e. The number of fused-ring (bicyclic) bond motifs is 1. The number of rotatable bonds is 4. The van der Waals surface area contributed by atoms with Crippen LogP contribution in [0.1, 0.15) is 17.3 Å². The van der Waals surface area contributed by atoms with Crippen molar-refractivity contribution in [2.24, 2.45) is 0 Å². The number of anilines is 1. The number of carbonyl (C=O) groups is 1. The van der Waals surface area contributed by atoms with Gasteiger partial charge in [0.2, 0.25) is 5.88 Å². The molecule has 0 atom stereocenters. The van der Waals surface area contributed by atoms with Crippen LogP contribution in [0.5, 0.6) is 5.88 Å². The molecule has 0 aliphatic rings. The average Bonchev–Trinajstić information content (AvgIpc) is 2.55. The Bertz CT molecular complexity index is 815. The van der Waals surface area contributed by atoms with E-state index in [1.54, 1.807) is 18.3 Å². The van der Waals surface area contributed by atoms with Crippen molar-refractivity contribution in [2.45, 2.75) is 6.92 Å². The monoisotopic (exact) mass is 292 g/mol. The molecule has 0 spiro atoms. The standard InChI is InChI=1S/C18H16N2O2/c1-2-22-18-16(8-5-11-19-18)17(21)20-15-10-9-13-6-3-4-7-14(13)12-15/h3-12H,2H2,1H3,(H,20,21). The quantitative estimate of drug-likeness (QED) is 0.793. The molecule has 0 unspecified atom stereocenters. The van der Waals surface area contributed by atoms with Crippen molar-refractivity contribution in [3.8, 4) is 5.88 Å². The third-order valence-corrected chi connectivity index (χ3v) is 3.30. The fourth-order valence-corrected chi connectivity index (χ4v) is 2.28. The zero-order chi connectivity index (χ0) is 15.4. The Balaban J connectivity index is 1.86. The molecule has 1 amide bonds. The first-order valence-corrected chi connectivity index (χ1v) is 7.16. The molecule has 1 heterocycles. The summed E-state index contributed by atoms with van der Waals surface area (Å²) >= 11 is 0. The van der Waals surface area contributed by atoms with Gasteiger partial charge in [0.15, 0.2) is 0 Å². The van der Waals surface area contributed by atoms with Crippen molar-refractivity contribution < 1.29 is 9.53 Å². The van der Waals surface area contributed by atoms with Crippen molar-refractivity contribution in [1.29, 1.82) is 0 Å². The van der Waals surface area contributed by atoms with Crippen LogP contribution in [0.4, 0.5) is 5.69 Å². The average molecular weight is 292 g/mol. The number of pyridine rings is 1. The largest absolute Gasteiger partial charge is 0.477 e. The first-order valence-electron chi connectivity index (χ1n) is 7.16. The topological polar surface area (TPSA) is 51.2 Å². The second-order valence-corrected chi connectivity index (χ2v) is 4.81. The van der Waals surface area contributed by atoms with Crippen molar-refractivity contribution in [2.75, 3.05) is 11.9 Å². The van der Waals surface area contributed by atoms with Crippen LogP contribution in [-0.2, 0) is 0 Å². The highest BCUT2D eigenvalue weighted by Crippen LogP contribution is 2.21. The summed E-state index contributed by atoms with van der Waals surface area (Å²) in [6.07, 6.45) is 1.61. The van der Waals surface area contributed by atoms with Gasteiger partial charge in [0.25, 0.3) is 5.91 Å². The van der Waals surface area contributed by atoms with E-state index in [-0.39, 0.29) is 5.91 Å². The first-order chi connectivity index (χ1) is 10.8. The highest BCUT2D eigenvalue weighted by molar-refractivity contribution is 6.06. The zero-order valence-electron chi connectivity index (χ0n) is 12.2. The lowest BCUT2D eigenvalue weighted by molar-refractivity contribution is 0.102. The summed E-state index contributed by atoms with van der Waals surface area (Å²) in [5.74, 6) is 0.120. The van der Waals surface area contributed by atoms with Gasteiger partial charge < -0.3 is 10.1 Å². The Morgan fingerprint density at radius 3 is 2.73 bits per heavy atom. The van der Waals surface area contributed by atoms with E-state index in [0.29, 0.717) is 18.1 Å². The SMILES string of the molecule is CCOc1ncccc1C(=O)Nc1ccc2ccccc2c1. The van der Waals surface area contributed by atoms with Crippen LogP contribution in [0.25, 0.3) is 10.8 Å². The molecule has 0 saturated carbocycles. The molecular weight excluding hydrogens is 276 g/mol. The van der Waals surface area contributed by atoms with Crippen LogP contribution >= 0.6 is 0 Å². The second kappa shape index (κ2) is 6.26. The minimum Gasteiger partial charge on any atom is -0.477 e. The highest BCUT2D eigenvalue weighted by Gasteiger charge is 2.13. The third kappa shape index (κ3) is 2.91. The van der Waals surface area contributed by atoms with E-state index >= 15 is 0 Å². The molecule has 2 aromatic carbocycles. The Kier molecular flexibility index (Phi) is 4.01. The minimum absolute atomic E-state index is 0.230. The number of amides is 1. The zero-order valence-corrected chi connectivity index (χ0v) is 12.2. The van der Waals surface area contributed by atoms with Gasteiger partial charge in [-0.25, -0.2) is 4.98 Å². The van der Waals surface area contributed by atoms with Crippen molar-refractivity contribution in [3.63, 3.8) is 0 Å². The molecule has 0 fully saturated rings. The predicted octanol–water partition coefficient (Wildman–Crippen LogP) is 3.89. The molecule has 22 heavy (non-hydrogen) atoms. The molecule has 3 aromatic rings. The summed E-state index contributed by atoms with van der Waals surface area (Å²) in [6.45, 7) is 2.33. The van der Waals surface area contributed by atoms with E-state index in [1.165, 1.54) is 0 Å². The number of ether oxygens (including phenoxy) is 1. The Morgan fingerprint density at radius 2 is 1.91 bits per heavy atom. The van der Waals surface area contributed by atoms with Crippen LogP contribution in [-0.4, -0.2) is 17.5 Å². The molecule has 3 rings (SSSR count). The van der Waals surface area contributed by atoms with E-state index < -0.39 is 0 Å². The predicted molar refractivity (Wildman–Crippen MR) is 87.3 cm³/mol. The normalized spacial score (nSPS) is 10.4. The summed E-state index contributed by atoms with van der Waals surface area (Å²) in [4.78, 5) is 16.5. The summed E-state index contributed by atoms with van der Waals surface area (Å²) < 4.78 is 5.39. The van der Waals surface area contributed by atoms with Gasteiger partial charge in [-0.05, 0) is 42.0 Å². The molecule has 0 saturated heterocycles. The van der Waals surface area contributed by atoms with Gasteiger partial charge in [-0.2, -0.15) is 0 Å². The number of nitrogens with zero attached hydrogens (tertiary/aromatic N) is 1. The second-order valence-electron chi connectivity index (χ2n) is 4.81. The van der Waals surface area contributed by atoms with Crippen LogP contribution < -0.4 is 10.1 Å². The molecule has 0 aliphatic carbocycles. The van der Waals surface area contributed by atoms with Crippen molar-refractivity contribution in [3.05, 3.63) is 66.4 Å². The van der Waals surface area contributed by atoms with Crippen LogP contribution in [0.2, 0.25) is 0 Å². The van der Waals surface area contributed by atoms with E-state index in [1.807, 2.05) is 49.4 Å². The maximum absolute atomic E-state index is 12.4. The van der Waals surface area contributed by atoms with Gasteiger partial charge in [0.05, 0.1) is 6.61 Å². The molecule has 4 nitrogen and oxygen atoms in total. The maximum atomic E-state index is 12.4. The molecule has 4 heteroatoms. The lowest BCUT2D eigenvalue weighted by atomic mass is 10.1. The fraction of sp³-hybridized carbons (Fsp3) is 0.111. The lowest BCUT2D eigenvalue weighted by Crippen LogP contribution is -2.14. The van der Waals surface area contributed by atoms with Gasteiger partial charge in [-0.3, -0.25) is 4.79 Å². The summed E-state index contributed by atoms with van der Waals surface area (Å²) in [5.41, 5.74) is 1.17. The van der Waals surface area contributed by atoms with Crippen LogP contribution in [0.3, 0.4) is 0 Å². The maximum Gasteiger partial charge on any atom is 0.261 e. The van der Waals surface area contributed by atoms with E-state index in [2.05, 4.69) is 10.3 Å². The Labute approximate surface area is 128 Å². The number of aromatic nitrogens is 1. The molecular formula is C18H16N2O2. The van der Waals surface area contributed by atoms with Gasteiger partial charge in [-0.1, -0.05) is 30.3 Å². The van der Waals surface area contributed by atoms with E-state index in [4.69, 9.17) is 4.74 Å². The van der Waals surface area contributed by atoms with Gasteiger partial charge >= 0.3 is 0 Å². The van der Waals surface area contributed by atoms with Crippen molar-refractivity contribution >= 4 is 22.4 Å². The van der Waals surface area contributed by atoms with Crippen molar-refractivity contribution in [1.82, 2.24) is 4.98 Å². The number of hydrogen-bond acceptors (Lipinski definition) is 3. The number of nitrogens with one attached hydrogen (secondary N) is 1. The molecule has 0 aliphatic heterocycles. The summed E-state index contributed by atoms with van der Waals surface area (Å²) in [6, 6.07) is 17.3. The number of hydrogen-bond donors (Lipinski definition) is 1. The van der Waals surface area contributed by atoms with Crippen LogP contribution in [0.15, 0.2) is 60.8 Å². The molecule has 110 valence electrons. The molecule has 0 radical (unpaired) electrons. The van der Waals surface area contributed by atoms with E-state index in [9.17, 15) is 4.79 Å². The first kappa shape index (κ1) is 14.1. The molecule has 1 aromatic heterocycles. The number of benzene rings is 2. The van der Waals surface area contributed by atoms with Gasteiger partial charge in [0, 0.05) is 11.9 Å². The number of carbonyl (C=O) groups excluding carboxylic acids is 1. The fourth-order valence-electron chi connectivity index (χ4n) is 2.28. The summed E-state index contributed by atoms with van der Waals surface area (Å²) in [7, 11) is 0. The molecule has 1 N–H and O–H groups in total. The van der Waals surface area contributed by atoms with Gasteiger partial charge in [-0.15, -0.1) is 0 Å². The van der Waals surface area contributed by atoms with Crippen LogP contribution in [0, 0.1) is 0 Å².